The zero-order chi connectivity index (χ0) is 17.9. The molecule has 3 rings (SSSR count). The van der Waals surface area contributed by atoms with E-state index in [2.05, 4.69) is 9.97 Å². The number of carbonyl (C=O) groups is 1. The number of nitrogens with zero attached hydrogens (tertiary/aromatic N) is 5. The molecule has 0 atom stereocenters. The quantitative estimate of drug-likeness (QED) is 0.782. The minimum absolute atomic E-state index is 0.0338. The molecule has 0 radical (unpaired) electrons. The van der Waals surface area contributed by atoms with Crippen LogP contribution in [0.2, 0.25) is 0 Å². The highest BCUT2D eigenvalue weighted by molar-refractivity contribution is 5.78. The van der Waals surface area contributed by atoms with Gasteiger partial charge >= 0.3 is 6.18 Å². The second-order valence-electron chi connectivity index (χ2n) is 6.00. The third kappa shape index (κ3) is 4.57. The molecule has 2 saturated heterocycles. The van der Waals surface area contributed by atoms with Crippen LogP contribution < -0.4 is 4.90 Å². The highest BCUT2D eigenvalue weighted by Gasteiger charge is 2.33. The predicted octanol–water partition coefficient (Wildman–Crippen LogP) is 0.476. The first-order chi connectivity index (χ1) is 11.9. The van der Waals surface area contributed by atoms with Crippen LogP contribution >= 0.6 is 0 Å². The van der Waals surface area contributed by atoms with Crippen LogP contribution in [0.15, 0.2) is 12.3 Å². The zero-order valence-electron chi connectivity index (χ0n) is 13.7. The van der Waals surface area contributed by atoms with Crippen LogP contribution in [0.3, 0.4) is 0 Å². The summed E-state index contributed by atoms with van der Waals surface area (Å²) >= 11 is 0. The summed E-state index contributed by atoms with van der Waals surface area (Å²) in [6.07, 6.45) is -3.38. The monoisotopic (exact) mass is 359 g/mol. The van der Waals surface area contributed by atoms with E-state index in [1.807, 2.05) is 4.90 Å². The molecule has 138 valence electrons. The lowest BCUT2D eigenvalue weighted by Crippen LogP contribution is -2.52. The maximum Gasteiger partial charge on any atom is 0.433 e. The second-order valence-corrected chi connectivity index (χ2v) is 6.00. The summed E-state index contributed by atoms with van der Waals surface area (Å²) in [5, 5.41) is 0. The largest absolute Gasteiger partial charge is 0.433 e. The van der Waals surface area contributed by atoms with E-state index in [1.54, 1.807) is 9.80 Å². The Hall–Kier alpha value is -1.94. The Kier molecular flexibility index (Phi) is 5.38. The molecule has 25 heavy (non-hydrogen) atoms. The standard InChI is InChI=1S/C15H20F3N5O2/c16-15(17,18)12-1-2-19-14(20-12)23-5-3-22(4-6-23)13(24)11-21-7-9-25-10-8-21/h1-2H,3-11H2. The van der Waals surface area contributed by atoms with Crippen molar-refractivity contribution in [1.82, 2.24) is 19.8 Å². The van der Waals surface area contributed by atoms with Gasteiger partial charge in [-0.15, -0.1) is 0 Å². The fourth-order valence-corrected chi connectivity index (χ4v) is 2.87. The van der Waals surface area contributed by atoms with Crippen LogP contribution in [-0.2, 0) is 15.7 Å². The van der Waals surface area contributed by atoms with E-state index in [-0.39, 0.29) is 11.9 Å². The van der Waals surface area contributed by atoms with Gasteiger partial charge in [-0.3, -0.25) is 9.69 Å². The number of alkyl halides is 3. The predicted molar refractivity (Wildman–Crippen MR) is 83.1 cm³/mol. The number of ether oxygens (including phenoxy) is 1. The van der Waals surface area contributed by atoms with E-state index in [9.17, 15) is 18.0 Å². The molecule has 1 aromatic rings. The number of hydrogen-bond acceptors (Lipinski definition) is 6. The van der Waals surface area contributed by atoms with Gasteiger partial charge in [-0.1, -0.05) is 0 Å². The van der Waals surface area contributed by atoms with E-state index in [0.29, 0.717) is 45.9 Å². The summed E-state index contributed by atoms with van der Waals surface area (Å²) in [5.41, 5.74) is -0.955. The van der Waals surface area contributed by atoms with Crippen molar-refractivity contribution < 1.29 is 22.7 Å². The number of amides is 1. The molecule has 0 bridgehead atoms. The van der Waals surface area contributed by atoms with Gasteiger partial charge in [0.2, 0.25) is 11.9 Å². The van der Waals surface area contributed by atoms with E-state index >= 15 is 0 Å². The van der Waals surface area contributed by atoms with Crippen LogP contribution in [0.1, 0.15) is 5.69 Å². The average molecular weight is 359 g/mol. The number of morpholine rings is 1. The molecule has 0 aromatic carbocycles. The Morgan fingerprint density at radius 1 is 1.12 bits per heavy atom. The molecule has 0 saturated carbocycles. The van der Waals surface area contributed by atoms with E-state index in [0.717, 1.165) is 25.4 Å². The van der Waals surface area contributed by atoms with Crippen molar-refractivity contribution in [1.29, 1.82) is 0 Å². The van der Waals surface area contributed by atoms with Gasteiger partial charge in [0.25, 0.3) is 0 Å². The molecule has 1 aromatic heterocycles. The summed E-state index contributed by atoms with van der Waals surface area (Å²) in [6.45, 7) is 4.82. The highest BCUT2D eigenvalue weighted by atomic mass is 19.4. The molecule has 0 N–H and O–H groups in total. The van der Waals surface area contributed by atoms with Gasteiger partial charge in [0.05, 0.1) is 19.8 Å². The SMILES string of the molecule is O=C(CN1CCOCC1)N1CCN(c2nccc(C(F)(F)F)n2)CC1. The maximum atomic E-state index is 12.8. The van der Waals surface area contributed by atoms with Gasteiger partial charge in [0, 0.05) is 45.5 Å². The van der Waals surface area contributed by atoms with Crippen molar-refractivity contribution >= 4 is 11.9 Å². The molecule has 1 amide bonds. The summed E-state index contributed by atoms with van der Waals surface area (Å²) in [5.74, 6) is 0.0848. The van der Waals surface area contributed by atoms with Crippen molar-refractivity contribution in [3.63, 3.8) is 0 Å². The molecule has 0 unspecified atom stereocenters. The third-order valence-corrected chi connectivity index (χ3v) is 4.31. The molecular weight excluding hydrogens is 339 g/mol. The lowest BCUT2D eigenvalue weighted by atomic mass is 10.3. The average Bonchev–Trinajstić information content (AvgIpc) is 2.62. The summed E-state index contributed by atoms with van der Waals surface area (Å²) in [6, 6.07) is 0.853. The highest BCUT2D eigenvalue weighted by Crippen LogP contribution is 2.28. The first-order valence-corrected chi connectivity index (χ1v) is 8.16. The number of aromatic nitrogens is 2. The number of halogens is 3. The normalized spacial score (nSPS) is 20.0. The fraction of sp³-hybridized carbons (Fsp3) is 0.667. The summed E-state index contributed by atoms with van der Waals surface area (Å²) in [7, 11) is 0. The molecule has 2 fully saturated rings. The molecule has 2 aliphatic heterocycles. The maximum absolute atomic E-state index is 12.8. The lowest BCUT2D eigenvalue weighted by molar-refractivity contribution is -0.141. The molecule has 0 aliphatic carbocycles. The van der Waals surface area contributed by atoms with Crippen LogP contribution in [0, 0.1) is 0 Å². The number of rotatable bonds is 3. The minimum Gasteiger partial charge on any atom is -0.379 e. The van der Waals surface area contributed by atoms with Gasteiger partial charge in [0.1, 0.15) is 5.69 Å². The zero-order valence-corrected chi connectivity index (χ0v) is 13.7. The summed E-state index contributed by atoms with van der Waals surface area (Å²) < 4.78 is 43.5. The molecule has 10 heteroatoms. The Labute approximate surface area is 143 Å². The topological polar surface area (TPSA) is 61.8 Å². The van der Waals surface area contributed by atoms with Crippen LogP contribution in [0.5, 0.6) is 0 Å². The van der Waals surface area contributed by atoms with Crippen molar-refractivity contribution in [3.8, 4) is 0 Å². The molecular formula is C15H20F3N5O2. The van der Waals surface area contributed by atoms with Crippen LogP contribution in [0.25, 0.3) is 0 Å². The Morgan fingerprint density at radius 3 is 2.44 bits per heavy atom. The van der Waals surface area contributed by atoms with Crippen LogP contribution in [-0.4, -0.2) is 84.7 Å². The first kappa shape index (κ1) is 17.9. The van der Waals surface area contributed by atoms with Gasteiger partial charge < -0.3 is 14.5 Å². The number of anilines is 1. The third-order valence-electron chi connectivity index (χ3n) is 4.31. The summed E-state index contributed by atoms with van der Waals surface area (Å²) in [4.78, 5) is 25.3. The lowest BCUT2D eigenvalue weighted by Gasteiger charge is -2.36. The smallest absolute Gasteiger partial charge is 0.379 e. The van der Waals surface area contributed by atoms with Crippen molar-refractivity contribution in [2.45, 2.75) is 6.18 Å². The van der Waals surface area contributed by atoms with E-state index in [1.165, 1.54) is 0 Å². The molecule has 2 aliphatic rings. The van der Waals surface area contributed by atoms with Gasteiger partial charge in [-0.2, -0.15) is 13.2 Å². The second kappa shape index (κ2) is 7.52. The van der Waals surface area contributed by atoms with Crippen molar-refractivity contribution in [2.24, 2.45) is 0 Å². The van der Waals surface area contributed by atoms with E-state index < -0.39 is 11.9 Å². The van der Waals surface area contributed by atoms with Gasteiger partial charge in [-0.25, -0.2) is 9.97 Å². The first-order valence-electron chi connectivity index (χ1n) is 8.16. The minimum atomic E-state index is -4.49. The van der Waals surface area contributed by atoms with Crippen molar-refractivity contribution in [2.75, 3.05) is 63.9 Å². The molecule has 0 spiro atoms. The van der Waals surface area contributed by atoms with Gasteiger partial charge in [0.15, 0.2) is 0 Å². The number of carbonyl (C=O) groups excluding carboxylic acids is 1. The number of hydrogen-bond donors (Lipinski definition) is 0. The molecule has 7 nitrogen and oxygen atoms in total. The van der Waals surface area contributed by atoms with Gasteiger partial charge in [-0.05, 0) is 6.07 Å². The Morgan fingerprint density at radius 2 is 1.80 bits per heavy atom. The Bertz CT molecular complexity index is 599. The fourth-order valence-electron chi connectivity index (χ4n) is 2.87. The Balaban J connectivity index is 1.54. The number of piperazine rings is 1. The van der Waals surface area contributed by atoms with Crippen molar-refractivity contribution in [3.05, 3.63) is 18.0 Å². The molecule has 3 heterocycles. The van der Waals surface area contributed by atoms with E-state index in [4.69, 9.17) is 4.74 Å². The van der Waals surface area contributed by atoms with Crippen LogP contribution in [0.4, 0.5) is 19.1 Å².